The smallest absolute Gasteiger partial charge is 0.305 e. The van der Waals surface area contributed by atoms with Crippen molar-refractivity contribution in [3.63, 3.8) is 0 Å². The lowest BCUT2D eigenvalue weighted by molar-refractivity contribution is -0.143. The number of esters is 1. The van der Waals surface area contributed by atoms with E-state index in [0.717, 1.165) is 12.8 Å². The number of carbonyl (C=O) groups excluding carboxylic acids is 1. The minimum Gasteiger partial charge on any atom is -0.466 e. The summed E-state index contributed by atoms with van der Waals surface area (Å²) in [5.41, 5.74) is 0. The van der Waals surface area contributed by atoms with Crippen molar-refractivity contribution in [2.75, 3.05) is 6.61 Å². The summed E-state index contributed by atoms with van der Waals surface area (Å²) in [7, 11) is 0. The molecule has 0 aliphatic carbocycles. The first-order valence-corrected chi connectivity index (χ1v) is 28.0. The zero-order valence-corrected chi connectivity index (χ0v) is 40.8. The molecule has 0 spiro atoms. The van der Waals surface area contributed by atoms with Gasteiger partial charge in [-0.1, -0.05) is 328 Å². The quantitative estimate of drug-likeness (QED) is 0.0451. The molecule has 0 saturated carbocycles. The van der Waals surface area contributed by atoms with Gasteiger partial charge >= 0.3 is 5.97 Å². The molecule has 0 rings (SSSR count). The largest absolute Gasteiger partial charge is 0.466 e. The minimum atomic E-state index is 0.0358. The van der Waals surface area contributed by atoms with Crippen LogP contribution in [0.25, 0.3) is 0 Å². The molecule has 0 bridgehead atoms. The number of unbranched alkanes of at least 4 members (excludes halogenated alkanes) is 49. The maximum Gasteiger partial charge on any atom is 0.305 e. The van der Waals surface area contributed by atoms with Gasteiger partial charge in [-0.3, -0.25) is 4.79 Å². The van der Waals surface area contributed by atoms with Crippen LogP contribution in [0.3, 0.4) is 0 Å². The Morgan fingerprint density at radius 2 is 0.379 bits per heavy atom. The molecular formula is C56H112O2. The van der Waals surface area contributed by atoms with Crippen LogP contribution in [0, 0.1) is 0 Å². The molecule has 348 valence electrons. The van der Waals surface area contributed by atoms with Crippen LogP contribution < -0.4 is 0 Å². The topological polar surface area (TPSA) is 26.3 Å². The third-order valence-electron chi connectivity index (χ3n) is 13.2. The highest BCUT2D eigenvalue weighted by molar-refractivity contribution is 5.69. The molecule has 0 fully saturated rings. The molecule has 0 aromatic carbocycles. The van der Waals surface area contributed by atoms with Crippen LogP contribution in [0.4, 0.5) is 0 Å². The minimum absolute atomic E-state index is 0.0358. The molecule has 2 heteroatoms. The van der Waals surface area contributed by atoms with Gasteiger partial charge in [0.1, 0.15) is 0 Å². The van der Waals surface area contributed by atoms with Crippen LogP contribution in [0.5, 0.6) is 0 Å². The van der Waals surface area contributed by atoms with Gasteiger partial charge in [-0.25, -0.2) is 0 Å². The summed E-state index contributed by atoms with van der Waals surface area (Å²) in [6.07, 6.45) is 72.8. The number of carbonyl (C=O) groups is 1. The molecule has 0 saturated heterocycles. The van der Waals surface area contributed by atoms with Gasteiger partial charge in [0.05, 0.1) is 6.61 Å². The second-order valence-corrected chi connectivity index (χ2v) is 19.3. The molecule has 0 unspecified atom stereocenters. The van der Waals surface area contributed by atoms with E-state index >= 15 is 0 Å². The third-order valence-corrected chi connectivity index (χ3v) is 13.2. The fraction of sp³-hybridized carbons (Fsp3) is 0.982. The highest BCUT2D eigenvalue weighted by atomic mass is 16.5. The van der Waals surface area contributed by atoms with Crippen molar-refractivity contribution in [2.24, 2.45) is 0 Å². The van der Waals surface area contributed by atoms with Gasteiger partial charge in [-0.15, -0.1) is 0 Å². The Bertz CT molecular complexity index is 717. The summed E-state index contributed by atoms with van der Waals surface area (Å²) in [6.45, 7) is 5.25. The maximum absolute atomic E-state index is 12.1. The van der Waals surface area contributed by atoms with E-state index in [9.17, 15) is 4.79 Å². The SMILES string of the molecule is CCCCCCCCCCCCCCCCCCCCCCCCCCCCCOC(=O)CCCCCCCCCCCCCCCCCCCCCCCCCC. The second kappa shape index (κ2) is 54.5. The number of hydrogen-bond donors (Lipinski definition) is 0. The summed E-state index contributed by atoms with van der Waals surface area (Å²) in [5, 5.41) is 0. The lowest BCUT2D eigenvalue weighted by atomic mass is 10.0. The van der Waals surface area contributed by atoms with E-state index in [1.807, 2.05) is 0 Å². The van der Waals surface area contributed by atoms with Crippen molar-refractivity contribution in [2.45, 2.75) is 348 Å². The number of rotatable bonds is 53. The van der Waals surface area contributed by atoms with Crippen molar-refractivity contribution >= 4 is 5.97 Å². The predicted octanol–water partition coefficient (Wildman–Crippen LogP) is 20.9. The first kappa shape index (κ1) is 57.5. The Hall–Kier alpha value is -0.530. The van der Waals surface area contributed by atoms with E-state index in [2.05, 4.69) is 13.8 Å². The van der Waals surface area contributed by atoms with Crippen molar-refractivity contribution in [3.05, 3.63) is 0 Å². The van der Waals surface area contributed by atoms with Crippen LogP contribution in [-0.4, -0.2) is 12.6 Å². The van der Waals surface area contributed by atoms with Gasteiger partial charge in [0, 0.05) is 6.42 Å². The van der Waals surface area contributed by atoms with Gasteiger partial charge in [0.15, 0.2) is 0 Å². The molecule has 0 N–H and O–H groups in total. The predicted molar refractivity (Wildman–Crippen MR) is 262 cm³/mol. The van der Waals surface area contributed by atoms with Crippen LogP contribution in [0.1, 0.15) is 348 Å². The van der Waals surface area contributed by atoms with E-state index in [0.29, 0.717) is 13.0 Å². The summed E-state index contributed by atoms with van der Waals surface area (Å²) in [5.74, 6) is 0.0358. The molecule has 0 heterocycles. The zero-order valence-electron chi connectivity index (χ0n) is 40.8. The van der Waals surface area contributed by atoms with Crippen molar-refractivity contribution in [1.82, 2.24) is 0 Å². The lowest BCUT2D eigenvalue weighted by Gasteiger charge is -2.06. The van der Waals surface area contributed by atoms with Gasteiger partial charge in [0.2, 0.25) is 0 Å². The van der Waals surface area contributed by atoms with Crippen molar-refractivity contribution < 1.29 is 9.53 Å². The highest BCUT2D eigenvalue weighted by Crippen LogP contribution is 2.18. The first-order chi connectivity index (χ1) is 28.8. The van der Waals surface area contributed by atoms with Gasteiger partial charge < -0.3 is 4.74 Å². The fourth-order valence-electron chi connectivity index (χ4n) is 9.08. The van der Waals surface area contributed by atoms with Crippen LogP contribution in [0.2, 0.25) is 0 Å². The van der Waals surface area contributed by atoms with E-state index in [-0.39, 0.29) is 5.97 Å². The van der Waals surface area contributed by atoms with Gasteiger partial charge in [-0.2, -0.15) is 0 Å². The molecule has 0 atom stereocenters. The molecule has 0 aliphatic rings. The summed E-state index contributed by atoms with van der Waals surface area (Å²) < 4.78 is 5.51. The molecule has 58 heavy (non-hydrogen) atoms. The zero-order chi connectivity index (χ0) is 41.8. The molecule has 2 nitrogen and oxygen atoms in total. The monoisotopic (exact) mass is 817 g/mol. The third kappa shape index (κ3) is 53.5. The average Bonchev–Trinajstić information content (AvgIpc) is 3.23. The molecule has 0 aliphatic heterocycles. The Labute approximate surface area is 368 Å². The number of ether oxygens (including phenoxy) is 1. The molecule has 0 aromatic rings. The van der Waals surface area contributed by atoms with Crippen LogP contribution in [-0.2, 0) is 9.53 Å². The fourth-order valence-corrected chi connectivity index (χ4v) is 9.08. The Balaban J connectivity index is 3.14. The van der Waals surface area contributed by atoms with Gasteiger partial charge in [-0.05, 0) is 12.8 Å². The van der Waals surface area contributed by atoms with E-state index in [4.69, 9.17) is 4.74 Å². The van der Waals surface area contributed by atoms with E-state index in [1.165, 1.54) is 315 Å². The Morgan fingerprint density at radius 1 is 0.224 bits per heavy atom. The summed E-state index contributed by atoms with van der Waals surface area (Å²) in [6, 6.07) is 0. The normalized spacial score (nSPS) is 11.6. The summed E-state index contributed by atoms with van der Waals surface area (Å²) in [4.78, 5) is 12.1. The van der Waals surface area contributed by atoms with Crippen molar-refractivity contribution in [1.29, 1.82) is 0 Å². The Kier molecular flexibility index (Phi) is 54.0. The van der Waals surface area contributed by atoms with E-state index in [1.54, 1.807) is 0 Å². The number of hydrogen-bond acceptors (Lipinski definition) is 2. The van der Waals surface area contributed by atoms with Crippen molar-refractivity contribution in [3.8, 4) is 0 Å². The molecule has 0 radical (unpaired) electrons. The maximum atomic E-state index is 12.1. The Morgan fingerprint density at radius 3 is 0.569 bits per heavy atom. The van der Waals surface area contributed by atoms with E-state index < -0.39 is 0 Å². The van der Waals surface area contributed by atoms with Crippen LogP contribution in [0.15, 0.2) is 0 Å². The lowest BCUT2D eigenvalue weighted by Crippen LogP contribution is -2.05. The molecule has 0 aromatic heterocycles. The van der Waals surface area contributed by atoms with Gasteiger partial charge in [0.25, 0.3) is 0 Å². The van der Waals surface area contributed by atoms with Crippen LogP contribution >= 0.6 is 0 Å². The first-order valence-electron chi connectivity index (χ1n) is 28.0. The molecule has 0 amide bonds. The standard InChI is InChI=1S/C56H112O2/c1-3-5-7-9-11-13-15-17-19-21-23-25-27-29-30-31-33-35-37-39-41-43-45-47-49-51-53-55-58-56(57)54-52-50-48-46-44-42-40-38-36-34-32-28-26-24-22-20-18-16-14-12-10-8-6-4-2/h3-55H2,1-2H3. The second-order valence-electron chi connectivity index (χ2n) is 19.3. The average molecular weight is 818 g/mol. The highest BCUT2D eigenvalue weighted by Gasteiger charge is 2.03. The summed E-state index contributed by atoms with van der Waals surface area (Å²) >= 11 is 0. The molecular weight excluding hydrogens is 705 g/mol.